The van der Waals surface area contributed by atoms with Crippen LogP contribution in [0, 0.1) is 0 Å². The minimum Gasteiger partial charge on any atom is -0.382 e. The Hall–Kier alpha value is -2.68. The molecule has 0 bridgehead atoms. The lowest BCUT2D eigenvalue weighted by Gasteiger charge is -2.08. The second kappa shape index (κ2) is 6.21. The fourth-order valence-corrected chi connectivity index (χ4v) is 2.71. The fraction of sp³-hybridized carbons (Fsp3) is 0.200. The van der Waals surface area contributed by atoms with Crippen molar-refractivity contribution in [2.45, 2.75) is 19.8 Å². The van der Waals surface area contributed by atoms with Crippen molar-refractivity contribution in [3.63, 3.8) is 0 Å². The lowest BCUT2D eigenvalue weighted by atomic mass is 10.0. The number of allylic oxidation sites excluding steroid dienone is 1. The molecule has 0 saturated carbocycles. The van der Waals surface area contributed by atoms with Gasteiger partial charge >= 0.3 is 0 Å². The maximum Gasteiger partial charge on any atom is 0.197 e. The van der Waals surface area contributed by atoms with Crippen molar-refractivity contribution in [3.8, 4) is 0 Å². The van der Waals surface area contributed by atoms with Crippen molar-refractivity contribution in [1.29, 1.82) is 0 Å². The minimum atomic E-state index is -0.178. The predicted molar refractivity (Wildman–Crippen MR) is 92.2 cm³/mol. The van der Waals surface area contributed by atoms with Gasteiger partial charge in [0.2, 0.25) is 0 Å². The van der Waals surface area contributed by atoms with E-state index in [1.54, 1.807) is 30.3 Å². The third-order valence-electron chi connectivity index (χ3n) is 4.10. The second-order valence-corrected chi connectivity index (χ2v) is 5.98. The molecule has 1 aliphatic rings. The van der Waals surface area contributed by atoms with Crippen LogP contribution >= 0.6 is 0 Å². The molecule has 0 amide bonds. The van der Waals surface area contributed by atoms with E-state index in [1.807, 2.05) is 12.1 Å². The Morgan fingerprint density at radius 3 is 2.00 bits per heavy atom. The third kappa shape index (κ3) is 2.95. The van der Waals surface area contributed by atoms with Crippen molar-refractivity contribution in [2.75, 3.05) is 11.9 Å². The summed E-state index contributed by atoms with van der Waals surface area (Å²) >= 11 is 0. The van der Waals surface area contributed by atoms with Crippen LogP contribution in [0.2, 0.25) is 0 Å². The van der Waals surface area contributed by atoms with Gasteiger partial charge in [0.25, 0.3) is 0 Å². The Morgan fingerprint density at radius 2 is 1.48 bits per heavy atom. The van der Waals surface area contributed by atoms with E-state index < -0.39 is 0 Å². The summed E-state index contributed by atoms with van der Waals surface area (Å²) in [7, 11) is 0. The summed E-state index contributed by atoms with van der Waals surface area (Å²) < 4.78 is 0. The molecule has 2 aromatic carbocycles. The Labute approximate surface area is 136 Å². The molecule has 0 radical (unpaired) electrons. The molecule has 2 aromatic rings. The predicted octanol–water partition coefficient (Wildman–Crippen LogP) is 4.23. The van der Waals surface area contributed by atoms with Gasteiger partial charge in [-0.1, -0.05) is 56.3 Å². The zero-order valence-electron chi connectivity index (χ0n) is 13.3. The number of carbonyl (C=O) groups is 2. The second-order valence-electron chi connectivity index (χ2n) is 5.98. The number of carbonyl (C=O) groups excluding carboxylic acids is 2. The number of fused-ring (bicyclic) bond motifs is 1. The summed E-state index contributed by atoms with van der Waals surface area (Å²) in [5.74, 6) is 0.142. The highest BCUT2D eigenvalue weighted by Gasteiger charge is 2.32. The SMILES string of the molecule is CC(C)c1ccc(NCC=C2C(=O)c3ccccc3C2=O)cc1. The third-order valence-corrected chi connectivity index (χ3v) is 4.10. The number of hydrogen-bond acceptors (Lipinski definition) is 3. The number of benzene rings is 2. The molecule has 0 saturated heterocycles. The van der Waals surface area contributed by atoms with E-state index in [4.69, 9.17) is 0 Å². The molecule has 116 valence electrons. The maximum atomic E-state index is 12.3. The van der Waals surface area contributed by atoms with Crippen LogP contribution in [0.1, 0.15) is 46.0 Å². The van der Waals surface area contributed by atoms with Crippen molar-refractivity contribution in [1.82, 2.24) is 0 Å². The average Bonchev–Trinajstić information content (AvgIpc) is 2.81. The lowest BCUT2D eigenvalue weighted by molar-refractivity contribution is 0.0988. The van der Waals surface area contributed by atoms with E-state index in [9.17, 15) is 9.59 Å². The van der Waals surface area contributed by atoms with Crippen LogP contribution in [0.5, 0.6) is 0 Å². The number of rotatable bonds is 4. The molecular weight excluding hydrogens is 286 g/mol. The van der Waals surface area contributed by atoms with Crippen molar-refractivity contribution >= 4 is 17.3 Å². The molecule has 3 rings (SSSR count). The molecular formula is C20H19NO2. The molecule has 23 heavy (non-hydrogen) atoms. The lowest BCUT2D eigenvalue weighted by Crippen LogP contribution is -2.06. The first-order chi connectivity index (χ1) is 11.1. The van der Waals surface area contributed by atoms with Gasteiger partial charge in [-0.05, 0) is 23.6 Å². The molecule has 3 nitrogen and oxygen atoms in total. The average molecular weight is 305 g/mol. The molecule has 0 atom stereocenters. The number of anilines is 1. The first-order valence-electron chi connectivity index (χ1n) is 7.80. The van der Waals surface area contributed by atoms with E-state index >= 15 is 0 Å². The number of ketones is 2. The molecule has 0 heterocycles. The van der Waals surface area contributed by atoms with E-state index in [-0.39, 0.29) is 17.1 Å². The zero-order valence-corrected chi connectivity index (χ0v) is 13.3. The molecule has 0 aromatic heterocycles. The fourth-order valence-electron chi connectivity index (χ4n) is 2.71. The summed E-state index contributed by atoms with van der Waals surface area (Å²) in [6.07, 6.45) is 1.68. The number of nitrogens with one attached hydrogen (secondary N) is 1. The Bertz CT molecular complexity index is 749. The maximum absolute atomic E-state index is 12.3. The van der Waals surface area contributed by atoms with Gasteiger partial charge in [0.05, 0.1) is 5.57 Å². The van der Waals surface area contributed by atoms with Gasteiger partial charge in [0.1, 0.15) is 0 Å². The molecule has 3 heteroatoms. The van der Waals surface area contributed by atoms with Gasteiger partial charge in [-0.2, -0.15) is 0 Å². The molecule has 0 unspecified atom stereocenters. The van der Waals surface area contributed by atoms with Gasteiger partial charge in [-0.15, -0.1) is 0 Å². The monoisotopic (exact) mass is 305 g/mol. The van der Waals surface area contributed by atoms with Crippen LogP contribution in [0.3, 0.4) is 0 Å². The summed E-state index contributed by atoms with van der Waals surface area (Å²) in [5.41, 5.74) is 3.53. The van der Waals surface area contributed by atoms with E-state index in [2.05, 4.69) is 31.3 Å². The molecule has 1 N–H and O–H groups in total. The number of hydrogen-bond donors (Lipinski definition) is 1. The summed E-state index contributed by atoms with van der Waals surface area (Å²) in [4.78, 5) is 24.5. The number of Topliss-reactive ketones (excluding diaryl/α,β-unsaturated/α-hetero) is 2. The standard InChI is InChI=1S/C20H19NO2/c1-13(2)14-7-9-15(10-8-14)21-12-11-18-19(22)16-5-3-4-6-17(16)20(18)23/h3-11,13,21H,12H2,1-2H3. The Morgan fingerprint density at radius 1 is 0.913 bits per heavy atom. The normalized spacial score (nSPS) is 13.4. The molecule has 1 aliphatic carbocycles. The summed E-state index contributed by atoms with van der Waals surface area (Å²) in [5, 5.41) is 3.22. The van der Waals surface area contributed by atoms with Crippen LogP contribution in [-0.4, -0.2) is 18.1 Å². The van der Waals surface area contributed by atoms with Gasteiger partial charge < -0.3 is 5.32 Å². The molecule has 0 aliphatic heterocycles. The Balaban J connectivity index is 1.70. The van der Waals surface area contributed by atoms with Crippen LogP contribution in [0.4, 0.5) is 5.69 Å². The van der Waals surface area contributed by atoms with Crippen LogP contribution in [0.25, 0.3) is 0 Å². The molecule has 0 fully saturated rings. The highest BCUT2D eigenvalue weighted by atomic mass is 16.2. The van der Waals surface area contributed by atoms with E-state index in [0.717, 1.165) is 5.69 Å². The first kappa shape index (κ1) is 15.2. The highest BCUT2D eigenvalue weighted by Crippen LogP contribution is 2.26. The van der Waals surface area contributed by atoms with Crippen molar-refractivity contribution in [2.24, 2.45) is 0 Å². The summed E-state index contributed by atoms with van der Waals surface area (Å²) in [6, 6.07) is 15.2. The van der Waals surface area contributed by atoms with Crippen LogP contribution in [-0.2, 0) is 0 Å². The Kier molecular flexibility index (Phi) is 4.11. The van der Waals surface area contributed by atoms with Crippen molar-refractivity contribution < 1.29 is 9.59 Å². The topological polar surface area (TPSA) is 46.2 Å². The van der Waals surface area contributed by atoms with Gasteiger partial charge in [0, 0.05) is 23.4 Å². The van der Waals surface area contributed by atoms with E-state index in [1.165, 1.54) is 5.56 Å². The van der Waals surface area contributed by atoms with Crippen LogP contribution < -0.4 is 5.32 Å². The summed E-state index contributed by atoms with van der Waals surface area (Å²) in [6.45, 7) is 4.76. The highest BCUT2D eigenvalue weighted by molar-refractivity contribution is 6.39. The quantitative estimate of drug-likeness (QED) is 0.679. The van der Waals surface area contributed by atoms with Gasteiger partial charge in [-0.3, -0.25) is 9.59 Å². The van der Waals surface area contributed by atoms with Crippen LogP contribution in [0.15, 0.2) is 60.2 Å². The zero-order chi connectivity index (χ0) is 16.4. The largest absolute Gasteiger partial charge is 0.382 e. The molecule has 0 spiro atoms. The first-order valence-corrected chi connectivity index (χ1v) is 7.80. The smallest absolute Gasteiger partial charge is 0.197 e. The van der Waals surface area contributed by atoms with Gasteiger partial charge in [-0.25, -0.2) is 0 Å². The minimum absolute atomic E-state index is 0.178. The van der Waals surface area contributed by atoms with Gasteiger partial charge in [0.15, 0.2) is 11.6 Å². The van der Waals surface area contributed by atoms with Crippen molar-refractivity contribution in [3.05, 3.63) is 76.9 Å². The van der Waals surface area contributed by atoms with E-state index in [0.29, 0.717) is 23.6 Å².